The van der Waals surface area contributed by atoms with Gasteiger partial charge in [0.1, 0.15) is 5.15 Å². The van der Waals surface area contributed by atoms with Gasteiger partial charge in [-0.05, 0) is 12.1 Å². The van der Waals surface area contributed by atoms with E-state index in [4.69, 9.17) is 16.0 Å². The molecule has 0 radical (unpaired) electrons. The summed E-state index contributed by atoms with van der Waals surface area (Å²) in [7, 11) is 0. The van der Waals surface area contributed by atoms with Gasteiger partial charge in [-0.25, -0.2) is 9.97 Å². The minimum atomic E-state index is -0.272. The van der Waals surface area contributed by atoms with Crippen molar-refractivity contribution in [2.45, 2.75) is 6.92 Å². The van der Waals surface area contributed by atoms with Gasteiger partial charge in [-0.2, -0.15) is 4.52 Å². The number of carbonyl (C=O) groups is 1. The summed E-state index contributed by atoms with van der Waals surface area (Å²) in [6, 6.07) is 5.02. The van der Waals surface area contributed by atoms with Crippen LogP contribution in [0.4, 0.5) is 5.95 Å². The molecule has 3 heterocycles. The summed E-state index contributed by atoms with van der Waals surface area (Å²) >= 11 is 5.87. The zero-order valence-electron chi connectivity index (χ0n) is 9.79. The van der Waals surface area contributed by atoms with Crippen molar-refractivity contribution in [3.8, 4) is 11.6 Å². The van der Waals surface area contributed by atoms with Crippen molar-refractivity contribution in [1.29, 1.82) is 0 Å². The number of anilines is 1. The molecule has 3 rings (SSSR count). The van der Waals surface area contributed by atoms with E-state index in [9.17, 15) is 4.79 Å². The normalized spacial score (nSPS) is 10.8. The zero-order chi connectivity index (χ0) is 13.4. The third-order valence-electron chi connectivity index (χ3n) is 2.32. The Bertz CT molecular complexity index is 750. The van der Waals surface area contributed by atoms with Crippen LogP contribution in [0, 0.1) is 0 Å². The van der Waals surface area contributed by atoms with Gasteiger partial charge in [-0.3, -0.25) is 10.1 Å². The molecule has 8 heteroatoms. The Hall–Kier alpha value is -2.41. The van der Waals surface area contributed by atoms with E-state index >= 15 is 0 Å². The average molecular weight is 278 g/mol. The minimum Gasteiger partial charge on any atom is -0.461 e. The molecule has 0 aliphatic rings. The maximum absolute atomic E-state index is 11.1. The molecule has 0 spiro atoms. The topological polar surface area (TPSA) is 85.3 Å². The lowest BCUT2D eigenvalue weighted by Crippen LogP contribution is -2.12. The molecule has 7 nitrogen and oxygen atoms in total. The highest BCUT2D eigenvalue weighted by atomic mass is 35.5. The summed E-state index contributed by atoms with van der Waals surface area (Å²) < 4.78 is 6.62. The highest BCUT2D eigenvalue weighted by molar-refractivity contribution is 6.29. The Morgan fingerprint density at radius 2 is 2.32 bits per heavy atom. The summed E-state index contributed by atoms with van der Waals surface area (Å²) in [5, 5.41) is 6.99. The molecule has 0 saturated heterocycles. The highest BCUT2D eigenvalue weighted by Crippen LogP contribution is 2.20. The third kappa shape index (κ3) is 2.15. The van der Waals surface area contributed by atoms with Crippen molar-refractivity contribution in [3.63, 3.8) is 0 Å². The van der Waals surface area contributed by atoms with Gasteiger partial charge < -0.3 is 4.42 Å². The Morgan fingerprint density at radius 3 is 3.00 bits per heavy atom. The lowest BCUT2D eigenvalue weighted by molar-refractivity contribution is -0.114. The van der Waals surface area contributed by atoms with Crippen LogP contribution in [0.2, 0.25) is 5.15 Å². The molecule has 0 atom stereocenters. The second-order valence-corrected chi connectivity index (χ2v) is 4.15. The molecule has 0 aliphatic heterocycles. The number of hydrogen-bond acceptors (Lipinski definition) is 5. The molecule has 1 amide bonds. The van der Waals surface area contributed by atoms with E-state index < -0.39 is 0 Å². The molecule has 0 unspecified atom stereocenters. The fourth-order valence-electron chi connectivity index (χ4n) is 1.61. The fraction of sp³-hybridized carbons (Fsp3) is 0.0909. The van der Waals surface area contributed by atoms with Crippen LogP contribution in [0.25, 0.3) is 17.2 Å². The summed E-state index contributed by atoms with van der Waals surface area (Å²) in [4.78, 5) is 19.4. The number of hydrogen-bond donors (Lipinski definition) is 1. The summed E-state index contributed by atoms with van der Waals surface area (Å²) in [6.07, 6.45) is 1.53. The van der Waals surface area contributed by atoms with Crippen LogP contribution >= 0.6 is 11.6 Å². The smallest absolute Gasteiger partial charge is 0.234 e. The van der Waals surface area contributed by atoms with Crippen molar-refractivity contribution in [1.82, 2.24) is 19.6 Å². The molecule has 0 aromatic carbocycles. The Balaban J connectivity index is 2.18. The largest absolute Gasteiger partial charge is 0.461 e. The predicted octanol–water partition coefficient (Wildman–Crippen LogP) is 2.00. The summed E-state index contributed by atoms with van der Waals surface area (Å²) in [5.41, 5.74) is 0.468. The Kier molecular flexibility index (Phi) is 2.68. The first kappa shape index (κ1) is 11.7. The van der Waals surface area contributed by atoms with Crippen LogP contribution in [0.3, 0.4) is 0 Å². The SMILES string of the molecule is CC(=O)Nc1nc(Cl)cc2nc(-c3ccco3)nn12. The summed E-state index contributed by atoms with van der Waals surface area (Å²) in [5.74, 6) is 0.848. The molecule has 1 N–H and O–H groups in total. The predicted molar refractivity (Wildman–Crippen MR) is 67.8 cm³/mol. The number of rotatable bonds is 2. The van der Waals surface area contributed by atoms with Gasteiger partial charge in [-0.1, -0.05) is 11.6 Å². The van der Waals surface area contributed by atoms with Gasteiger partial charge in [0, 0.05) is 13.0 Å². The zero-order valence-corrected chi connectivity index (χ0v) is 10.5. The number of fused-ring (bicyclic) bond motifs is 1. The van der Waals surface area contributed by atoms with Gasteiger partial charge in [0.2, 0.25) is 17.7 Å². The van der Waals surface area contributed by atoms with Crippen molar-refractivity contribution >= 4 is 29.1 Å². The maximum atomic E-state index is 11.1. The van der Waals surface area contributed by atoms with Crippen molar-refractivity contribution in [2.24, 2.45) is 0 Å². The van der Waals surface area contributed by atoms with Crippen LogP contribution in [-0.2, 0) is 4.79 Å². The lowest BCUT2D eigenvalue weighted by Gasteiger charge is -2.02. The molecule has 19 heavy (non-hydrogen) atoms. The van der Waals surface area contributed by atoms with E-state index in [1.54, 1.807) is 18.2 Å². The molecule has 3 aromatic heterocycles. The fourth-order valence-corrected chi connectivity index (χ4v) is 1.79. The number of furan rings is 1. The standard InChI is InChI=1S/C11H8ClN5O2/c1-6(18)13-11-14-8(12)5-9-15-10(16-17(9)11)7-3-2-4-19-7/h2-5H,1H3,(H,13,14,18). The molecule has 96 valence electrons. The number of nitrogens with one attached hydrogen (secondary N) is 1. The third-order valence-corrected chi connectivity index (χ3v) is 2.52. The summed E-state index contributed by atoms with van der Waals surface area (Å²) in [6.45, 7) is 1.37. The molecule has 0 saturated carbocycles. The molecule has 3 aromatic rings. The average Bonchev–Trinajstić information content (AvgIpc) is 2.94. The van der Waals surface area contributed by atoms with Gasteiger partial charge in [0.05, 0.1) is 6.26 Å². The van der Waals surface area contributed by atoms with Crippen molar-refractivity contribution in [3.05, 3.63) is 29.6 Å². The van der Waals surface area contributed by atoms with E-state index in [-0.39, 0.29) is 17.0 Å². The van der Waals surface area contributed by atoms with Crippen LogP contribution in [0.15, 0.2) is 28.9 Å². The first-order valence-corrected chi connectivity index (χ1v) is 5.76. The van der Waals surface area contributed by atoms with Crippen LogP contribution in [0.5, 0.6) is 0 Å². The minimum absolute atomic E-state index is 0.209. The highest BCUT2D eigenvalue weighted by Gasteiger charge is 2.13. The number of amides is 1. The number of halogens is 1. The molecular formula is C11H8ClN5O2. The number of aromatic nitrogens is 4. The van der Waals surface area contributed by atoms with Crippen molar-refractivity contribution < 1.29 is 9.21 Å². The van der Waals surface area contributed by atoms with E-state index in [2.05, 4.69) is 20.4 Å². The van der Waals surface area contributed by atoms with Crippen LogP contribution in [-0.4, -0.2) is 25.5 Å². The number of nitrogens with zero attached hydrogens (tertiary/aromatic N) is 4. The second kappa shape index (κ2) is 4.36. The van der Waals surface area contributed by atoms with Crippen LogP contribution in [0.1, 0.15) is 6.92 Å². The van der Waals surface area contributed by atoms with E-state index in [0.29, 0.717) is 17.2 Å². The lowest BCUT2D eigenvalue weighted by atomic mass is 10.4. The van der Waals surface area contributed by atoms with Crippen LogP contribution < -0.4 is 5.32 Å². The first-order valence-electron chi connectivity index (χ1n) is 5.38. The van der Waals surface area contributed by atoms with Crippen molar-refractivity contribution in [2.75, 3.05) is 5.32 Å². The van der Waals surface area contributed by atoms with Gasteiger partial charge >= 0.3 is 0 Å². The quantitative estimate of drug-likeness (QED) is 0.724. The molecule has 0 fully saturated rings. The Labute approximate surface area is 112 Å². The van der Waals surface area contributed by atoms with Gasteiger partial charge in [-0.15, -0.1) is 5.10 Å². The second-order valence-electron chi connectivity index (χ2n) is 3.77. The van der Waals surface area contributed by atoms with Gasteiger partial charge in [0.25, 0.3) is 0 Å². The molecule has 0 bridgehead atoms. The first-order chi connectivity index (χ1) is 9.13. The van der Waals surface area contributed by atoms with E-state index in [0.717, 1.165) is 0 Å². The van der Waals surface area contributed by atoms with E-state index in [1.165, 1.54) is 17.7 Å². The monoisotopic (exact) mass is 277 g/mol. The van der Waals surface area contributed by atoms with Gasteiger partial charge in [0.15, 0.2) is 11.4 Å². The van der Waals surface area contributed by atoms with E-state index in [1.807, 2.05) is 0 Å². The Morgan fingerprint density at radius 1 is 1.47 bits per heavy atom. The molecular weight excluding hydrogens is 270 g/mol. The number of carbonyl (C=O) groups excluding carboxylic acids is 1. The maximum Gasteiger partial charge on any atom is 0.234 e. The molecule has 0 aliphatic carbocycles.